The monoisotopic (exact) mass is 461 g/mol. The lowest BCUT2D eigenvalue weighted by atomic mass is 10.2. The van der Waals surface area contributed by atoms with Gasteiger partial charge >= 0.3 is 0 Å². The summed E-state index contributed by atoms with van der Waals surface area (Å²) in [5.74, 6) is -0.809. The summed E-state index contributed by atoms with van der Waals surface area (Å²) in [6.07, 6.45) is 3.84. The van der Waals surface area contributed by atoms with Gasteiger partial charge < -0.3 is 4.57 Å². The Hall–Kier alpha value is -2.36. The molecule has 9 heteroatoms. The predicted molar refractivity (Wildman–Crippen MR) is 119 cm³/mol. The van der Waals surface area contributed by atoms with Crippen molar-refractivity contribution in [2.45, 2.75) is 50.1 Å². The Kier molecular flexibility index (Phi) is 6.09. The number of carbonyl (C=O) groups excluding carboxylic acids is 1. The minimum Gasteiger partial charge on any atom is -0.317 e. The molecule has 31 heavy (non-hydrogen) atoms. The molecule has 0 bridgehead atoms. The summed E-state index contributed by atoms with van der Waals surface area (Å²) in [6, 6.07) is 10.4. The second-order valence-corrected chi connectivity index (χ2v) is 10.6. The molecule has 2 aromatic carbocycles. The van der Waals surface area contributed by atoms with Gasteiger partial charge in [-0.3, -0.25) is 4.79 Å². The lowest BCUT2D eigenvalue weighted by Gasteiger charge is -2.23. The number of sulfonamides is 1. The van der Waals surface area contributed by atoms with Crippen LogP contribution in [-0.4, -0.2) is 36.3 Å². The minimum absolute atomic E-state index is 0.0311. The number of benzene rings is 2. The van der Waals surface area contributed by atoms with Crippen LogP contribution in [0.15, 0.2) is 52.4 Å². The molecule has 0 radical (unpaired) electrons. The summed E-state index contributed by atoms with van der Waals surface area (Å²) in [5.41, 5.74) is 1.12. The van der Waals surface area contributed by atoms with E-state index in [0.29, 0.717) is 21.6 Å². The Morgan fingerprint density at radius 2 is 1.87 bits per heavy atom. The fourth-order valence-electron chi connectivity index (χ4n) is 3.99. The van der Waals surface area contributed by atoms with Gasteiger partial charge in [-0.15, -0.1) is 0 Å². The van der Waals surface area contributed by atoms with E-state index in [-0.39, 0.29) is 16.8 Å². The Labute approximate surface area is 184 Å². The summed E-state index contributed by atoms with van der Waals surface area (Å²) in [7, 11) is -1.98. The van der Waals surface area contributed by atoms with Crippen LogP contribution in [0.4, 0.5) is 4.39 Å². The summed E-state index contributed by atoms with van der Waals surface area (Å²) in [4.78, 5) is 17.6. The van der Waals surface area contributed by atoms with Gasteiger partial charge in [-0.25, -0.2) is 12.8 Å². The number of hydrogen-bond donors (Lipinski definition) is 0. The highest BCUT2D eigenvalue weighted by atomic mass is 32.2. The van der Waals surface area contributed by atoms with E-state index in [0.717, 1.165) is 31.2 Å². The SMILES string of the molecule is CCn1c(=NC(=O)c2ccc(S(=O)(=O)N(C)C3CCCC3)cc2)sc2cc(F)ccc21. The zero-order valence-corrected chi connectivity index (χ0v) is 19.0. The molecule has 0 spiro atoms. The third-order valence-electron chi connectivity index (χ3n) is 5.78. The average Bonchev–Trinajstić information content (AvgIpc) is 3.40. The van der Waals surface area contributed by atoms with Crippen molar-refractivity contribution in [2.75, 3.05) is 7.05 Å². The zero-order chi connectivity index (χ0) is 22.2. The zero-order valence-electron chi connectivity index (χ0n) is 17.4. The molecule has 4 rings (SSSR count). The smallest absolute Gasteiger partial charge is 0.279 e. The Bertz CT molecular complexity index is 1290. The van der Waals surface area contributed by atoms with Gasteiger partial charge in [-0.2, -0.15) is 9.30 Å². The maximum atomic E-state index is 13.5. The van der Waals surface area contributed by atoms with E-state index in [1.54, 1.807) is 13.1 Å². The number of aryl methyl sites for hydroxylation is 1. The molecule has 1 heterocycles. The largest absolute Gasteiger partial charge is 0.317 e. The molecule has 1 aliphatic rings. The summed E-state index contributed by atoms with van der Waals surface area (Å²) < 4.78 is 43.3. The molecule has 1 aliphatic carbocycles. The van der Waals surface area contributed by atoms with E-state index in [2.05, 4.69) is 4.99 Å². The van der Waals surface area contributed by atoms with Gasteiger partial charge in [-0.05, 0) is 62.2 Å². The molecular formula is C22H24FN3O3S2. The number of aromatic nitrogens is 1. The molecule has 1 saturated carbocycles. The van der Waals surface area contributed by atoms with Crippen LogP contribution < -0.4 is 4.80 Å². The van der Waals surface area contributed by atoms with Crippen molar-refractivity contribution >= 4 is 37.5 Å². The van der Waals surface area contributed by atoms with Gasteiger partial charge in [0.2, 0.25) is 10.0 Å². The van der Waals surface area contributed by atoms with Crippen LogP contribution in [0, 0.1) is 5.82 Å². The summed E-state index contributed by atoms with van der Waals surface area (Å²) >= 11 is 1.24. The van der Waals surface area contributed by atoms with Crippen molar-refractivity contribution < 1.29 is 17.6 Å². The Balaban J connectivity index is 1.62. The number of amides is 1. The normalized spacial score (nSPS) is 15.9. The first kappa shape index (κ1) is 21.9. The number of fused-ring (bicyclic) bond motifs is 1. The minimum atomic E-state index is -3.60. The molecular weight excluding hydrogens is 437 g/mol. The number of hydrogen-bond acceptors (Lipinski definition) is 4. The van der Waals surface area contributed by atoms with Gasteiger partial charge in [0.25, 0.3) is 5.91 Å². The highest BCUT2D eigenvalue weighted by Crippen LogP contribution is 2.27. The van der Waals surface area contributed by atoms with Crippen molar-refractivity contribution in [3.63, 3.8) is 0 Å². The first-order chi connectivity index (χ1) is 14.8. The molecule has 0 aliphatic heterocycles. The van der Waals surface area contributed by atoms with E-state index in [9.17, 15) is 17.6 Å². The quantitative estimate of drug-likeness (QED) is 0.573. The average molecular weight is 462 g/mol. The standard InChI is InChI=1S/C22H24FN3O3S2/c1-3-26-19-13-10-16(23)14-20(19)30-22(26)24-21(27)15-8-11-18(12-9-15)31(28,29)25(2)17-6-4-5-7-17/h8-14,17H,3-7H2,1-2H3. The van der Waals surface area contributed by atoms with Gasteiger partial charge in [0.1, 0.15) is 5.82 Å². The van der Waals surface area contributed by atoms with Crippen molar-refractivity contribution in [1.82, 2.24) is 8.87 Å². The molecule has 0 saturated heterocycles. The third kappa shape index (κ3) is 4.22. The lowest BCUT2D eigenvalue weighted by Crippen LogP contribution is -2.35. The van der Waals surface area contributed by atoms with Crippen LogP contribution in [0.1, 0.15) is 43.0 Å². The van der Waals surface area contributed by atoms with Gasteiger partial charge in [0, 0.05) is 25.2 Å². The third-order valence-corrected chi connectivity index (χ3v) is 8.74. The molecule has 0 atom stereocenters. The highest BCUT2D eigenvalue weighted by molar-refractivity contribution is 7.89. The van der Waals surface area contributed by atoms with Crippen LogP contribution in [0.3, 0.4) is 0 Å². The number of nitrogens with zero attached hydrogens (tertiary/aromatic N) is 3. The number of halogens is 1. The maximum Gasteiger partial charge on any atom is 0.279 e. The fraction of sp³-hybridized carbons (Fsp3) is 0.364. The number of thiazole rings is 1. The van der Waals surface area contributed by atoms with E-state index >= 15 is 0 Å². The molecule has 1 amide bonds. The molecule has 0 unspecified atom stereocenters. The van der Waals surface area contributed by atoms with Crippen molar-refractivity contribution in [3.05, 3.63) is 58.6 Å². The second-order valence-electron chi connectivity index (χ2n) is 7.64. The van der Waals surface area contributed by atoms with Gasteiger partial charge in [-0.1, -0.05) is 24.2 Å². The van der Waals surface area contributed by atoms with Crippen LogP contribution in [0.2, 0.25) is 0 Å². The van der Waals surface area contributed by atoms with E-state index in [1.807, 2.05) is 11.5 Å². The maximum absolute atomic E-state index is 13.5. The van der Waals surface area contributed by atoms with Gasteiger partial charge in [0.05, 0.1) is 15.1 Å². The topological polar surface area (TPSA) is 71.7 Å². The Morgan fingerprint density at radius 3 is 2.52 bits per heavy atom. The van der Waals surface area contributed by atoms with Crippen LogP contribution in [-0.2, 0) is 16.6 Å². The highest BCUT2D eigenvalue weighted by Gasteiger charge is 2.30. The van der Waals surface area contributed by atoms with E-state index < -0.39 is 15.9 Å². The molecule has 6 nitrogen and oxygen atoms in total. The Morgan fingerprint density at radius 1 is 1.19 bits per heavy atom. The lowest BCUT2D eigenvalue weighted by molar-refractivity contribution is 0.0997. The number of rotatable bonds is 5. The molecule has 1 aromatic heterocycles. The van der Waals surface area contributed by atoms with E-state index in [1.165, 1.54) is 52.0 Å². The molecule has 0 N–H and O–H groups in total. The predicted octanol–water partition coefficient (Wildman–Crippen LogP) is 4.17. The summed E-state index contributed by atoms with van der Waals surface area (Å²) in [5, 5.41) is 0. The van der Waals surface area contributed by atoms with Crippen molar-refractivity contribution in [1.29, 1.82) is 0 Å². The second kappa shape index (κ2) is 8.64. The van der Waals surface area contributed by atoms with Crippen LogP contribution in [0.5, 0.6) is 0 Å². The molecule has 1 fully saturated rings. The molecule has 3 aromatic rings. The molecule has 164 valence electrons. The fourth-order valence-corrected chi connectivity index (χ4v) is 6.52. The number of carbonyl (C=O) groups is 1. The first-order valence-electron chi connectivity index (χ1n) is 10.3. The first-order valence-corrected chi connectivity index (χ1v) is 12.5. The van der Waals surface area contributed by atoms with Crippen LogP contribution in [0.25, 0.3) is 10.2 Å². The van der Waals surface area contributed by atoms with Crippen molar-refractivity contribution in [3.8, 4) is 0 Å². The van der Waals surface area contributed by atoms with Crippen molar-refractivity contribution in [2.24, 2.45) is 4.99 Å². The summed E-state index contributed by atoms with van der Waals surface area (Å²) in [6.45, 7) is 2.52. The van der Waals surface area contributed by atoms with E-state index in [4.69, 9.17) is 0 Å². The van der Waals surface area contributed by atoms with Crippen LogP contribution >= 0.6 is 11.3 Å². The van der Waals surface area contributed by atoms with Gasteiger partial charge in [0.15, 0.2) is 4.80 Å².